The maximum atomic E-state index is 13.1. The molecule has 0 saturated carbocycles. The van der Waals surface area contributed by atoms with Crippen molar-refractivity contribution in [3.05, 3.63) is 59.2 Å². The molecule has 0 aliphatic carbocycles. The van der Waals surface area contributed by atoms with Gasteiger partial charge in [0.1, 0.15) is 0 Å². The molecule has 6 rings (SSSR count). The summed E-state index contributed by atoms with van der Waals surface area (Å²) in [5.74, 6) is 3.92. The Balaban J connectivity index is 1.04. The Hall–Kier alpha value is -5.13. The Morgan fingerprint density at radius 2 is 1.48 bits per heavy atom. The van der Waals surface area contributed by atoms with Crippen LogP contribution in [0.3, 0.4) is 0 Å². The highest BCUT2D eigenvalue weighted by Crippen LogP contribution is 2.42. The minimum absolute atomic E-state index is 0.0162. The average molecular weight is 660 g/mol. The number of rotatable bonds is 14. The van der Waals surface area contributed by atoms with Crippen molar-refractivity contribution in [3.8, 4) is 40.2 Å². The maximum Gasteiger partial charge on any atom is 0.256 e. The van der Waals surface area contributed by atoms with Gasteiger partial charge in [-0.2, -0.15) is 0 Å². The summed E-state index contributed by atoms with van der Waals surface area (Å²) in [4.78, 5) is 25.5. The van der Waals surface area contributed by atoms with Crippen molar-refractivity contribution in [2.75, 3.05) is 55.3 Å². The molecule has 12 heteroatoms. The van der Waals surface area contributed by atoms with E-state index in [2.05, 4.69) is 10.1 Å². The number of unbranched alkanes of at least 4 members (excludes halogenated alkanes) is 1. The molecule has 12 nitrogen and oxygen atoms in total. The van der Waals surface area contributed by atoms with Crippen LogP contribution in [0, 0.1) is 0 Å². The van der Waals surface area contributed by atoms with Crippen LogP contribution in [0.4, 0.5) is 5.69 Å². The van der Waals surface area contributed by atoms with Crippen molar-refractivity contribution in [3.63, 3.8) is 0 Å². The van der Waals surface area contributed by atoms with Crippen molar-refractivity contribution < 1.29 is 42.8 Å². The predicted octanol–water partition coefficient (Wildman–Crippen LogP) is 6.15. The van der Waals surface area contributed by atoms with Crippen LogP contribution in [0.15, 0.2) is 52.6 Å². The minimum atomic E-state index is -0.298. The molecule has 1 unspecified atom stereocenters. The summed E-state index contributed by atoms with van der Waals surface area (Å²) >= 11 is 0. The predicted molar refractivity (Wildman–Crippen MR) is 180 cm³/mol. The second-order valence-electron chi connectivity index (χ2n) is 11.6. The van der Waals surface area contributed by atoms with Crippen molar-refractivity contribution in [2.24, 2.45) is 10.1 Å². The van der Waals surface area contributed by atoms with Gasteiger partial charge in [-0.25, -0.2) is 0 Å². The molecule has 2 atom stereocenters. The summed E-state index contributed by atoms with van der Waals surface area (Å²) in [7, 11) is 7.92. The molecule has 0 radical (unpaired) electrons. The molecule has 3 heterocycles. The fourth-order valence-electron chi connectivity index (χ4n) is 6.17. The molecule has 1 amide bonds. The zero-order valence-corrected chi connectivity index (χ0v) is 27.9. The van der Waals surface area contributed by atoms with Crippen molar-refractivity contribution in [2.45, 2.75) is 44.2 Å². The number of nitrogens with zero attached hydrogens (tertiary/aromatic N) is 3. The number of amides is 1. The standard InChI is InChI=1S/C36H41N3O9/c1-41-28-11-10-22(29-19-26(38-48-29)23-16-33(43-3)35(45-5)34(17-23)44-4)15-31(28)46-13-6-7-14-47-32-20-27-25(18-30(32)42-2)36(40)39-12-8-9-24(39)21-37-27/h10-11,15-18,20-21,24,29H,6-9,12-14,19H2,1-5H3/t24-,29?/m0/s1. The molecule has 3 aromatic rings. The molecule has 3 aromatic carbocycles. The summed E-state index contributed by atoms with van der Waals surface area (Å²) in [5.41, 5.74) is 3.65. The van der Waals surface area contributed by atoms with Gasteiger partial charge in [-0.05, 0) is 61.6 Å². The molecule has 0 aromatic heterocycles. The molecule has 48 heavy (non-hydrogen) atoms. The van der Waals surface area contributed by atoms with E-state index in [-0.39, 0.29) is 18.1 Å². The average Bonchev–Trinajstić information content (AvgIpc) is 3.79. The Kier molecular flexibility index (Phi) is 10.1. The van der Waals surface area contributed by atoms with E-state index in [1.807, 2.05) is 41.4 Å². The van der Waals surface area contributed by atoms with Crippen LogP contribution in [0.25, 0.3) is 0 Å². The number of ether oxygens (including phenoxy) is 7. The maximum absolute atomic E-state index is 13.1. The second-order valence-corrected chi connectivity index (χ2v) is 11.6. The molecule has 0 bridgehead atoms. The first kappa shape index (κ1) is 32.8. The van der Waals surface area contributed by atoms with E-state index in [0.29, 0.717) is 71.1 Å². The molecule has 1 saturated heterocycles. The highest BCUT2D eigenvalue weighted by atomic mass is 16.6. The monoisotopic (exact) mass is 659 g/mol. The largest absolute Gasteiger partial charge is 0.493 e. The summed E-state index contributed by atoms with van der Waals surface area (Å²) in [5, 5.41) is 4.36. The quantitative estimate of drug-likeness (QED) is 0.188. The number of oxime groups is 1. The van der Waals surface area contributed by atoms with Gasteiger partial charge in [0.2, 0.25) is 5.75 Å². The van der Waals surface area contributed by atoms with Crippen molar-refractivity contribution in [1.29, 1.82) is 0 Å². The van der Waals surface area contributed by atoms with Crippen LogP contribution >= 0.6 is 0 Å². The fourth-order valence-corrected chi connectivity index (χ4v) is 6.17. The number of hydrogen-bond acceptors (Lipinski definition) is 11. The number of aliphatic imine (C=N–C) groups is 1. The highest BCUT2D eigenvalue weighted by Gasteiger charge is 2.33. The Labute approximate surface area is 280 Å². The van der Waals surface area contributed by atoms with E-state index in [9.17, 15) is 4.79 Å². The van der Waals surface area contributed by atoms with Gasteiger partial charge in [-0.1, -0.05) is 11.2 Å². The first-order chi connectivity index (χ1) is 23.5. The summed E-state index contributed by atoms with van der Waals surface area (Å²) in [6, 6.07) is 13.0. The Morgan fingerprint density at radius 3 is 2.15 bits per heavy atom. The number of hydrogen-bond donors (Lipinski definition) is 0. The van der Waals surface area contributed by atoms with E-state index < -0.39 is 0 Å². The lowest BCUT2D eigenvalue weighted by molar-refractivity contribution is 0.0774. The van der Waals surface area contributed by atoms with Crippen molar-refractivity contribution >= 4 is 23.5 Å². The molecule has 3 aliphatic heterocycles. The van der Waals surface area contributed by atoms with Crippen LogP contribution in [0.5, 0.6) is 40.2 Å². The van der Waals surface area contributed by atoms with Gasteiger partial charge >= 0.3 is 0 Å². The van der Waals surface area contributed by atoms with Crippen LogP contribution in [0.1, 0.15) is 59.7 Å². The van der Waals surface area contributed by atoms with E-state index >= 15 is 0 Å². The third-order valence-corrected chi connectivity index (χ3v) is 8.74. The molecule has 3 aliphatic rings. The lowest BCUT2D eigenvalue weighted by Gasteiger charge is -2.20. The van der Waals surface area contributed by atoms with Gasteiger partial charge in [0.25, 0.3) is 5.91 Å². The normalized spacial score (nSPS) is 17.9. The lowest BCUT2D eigenvalue weighted by Crippen LogP contribution is -2.35. The lowest BCUT2D eigenvalue weighted by atomic mass is 9.99. The number of carbonyl (C=O) groups excluding carboxylic acids is 1. The first-order valence-corrected chi connectivity index (χ1v) is 16.0. The molecule has 0 spiro atoms. The number of benzene rings is 3. The molecular formula is C36H41N3O9. The van der Waals surface area contributed by atoms with Gasteiger partial charge in [0.15, 0.2) is 40.6 Å². The van der Waals surface area contributed by atoms with Crippen molar-refractivity contribution in [1.82, 2.24) is 4.90 Å². The third kappa shape index (κ3) is 6.65. The molecule has 1 fully saturated rings. The SMILES string of the molecule is COc1ccc(C2CC(c3cc(OC)c(OC)c(OC)c3)=NO2)cc1OCCCCOc1cc2c(cc1OC)C(=O)N1CCC[C@H]1C=N2. The zero-order chi connectivity index (χ0) is 33.6. The third-order valence-electron chi connectivity index (χ3n) is 8.74. The van der Waals surface area contributed by atoms with Crippen LogP contribution in [-0.2, 0) is 4.84 Å². The fraction of sp³-hybridized carbons (Fsp3) is 0.417. The topological polar surface area (TPSA) is 119 Å². The van der Waals surface area contributed by atoms with E-state index in [1.54, 1.807) is 47.7 Å². The first-order valence-electron chi connectivity index (χ1n) is 16.0. The van der Waals surface area contributed by atoms with Gasteiger partial charge in [0, 0.05) is 30.8 Å². The highest BCUT2D eigenvalue weighted by molar-refractivity contribution is 6.04. The smallest absolute Gasteiger partial charge is 0.256 e. The summed E-state index contributed by atoms with van der Waals surface area (Å²) in [6.45, 7) is 1.65. The summed E-state index contributed by atoms with van der Waals surface area (Å²) < 4.78 is 39.8. The zero-order valence-electron chi connectivity index (χ0n) is 27.9. The number of carbonyl (C=O) groups is 1. The van der Waals surface area contributed by atoms with E-state index in [0.717, 1.165) is 49.1 Å². The van der Waals surface area contributed by atoms with Crippen LogP contribution in [0.2, 0.25) is 0 Å². The Bertz CT molecular complexity index is 1680. The number of fused-ring (bicyclic) bond motifs is 2. The van der Waals surface area contributed by atoms with Gasteiger partial charge < -0.3 is 42.9 Å². The summed E-state index contributed by atoms with van der Waals surface area (Å²) in [6.07, 6.45) is 5.51. The molecule has 0 N–H and O–H groups in total. The molecule has 254 valence electrons. The Morgan fingerprint density at radius 1 is 0.792 bits per heavy atom. The second kappa shape index (κ2) is 14.7. The van der Waals surface area contributed by atoms with E-state index in [1.165, 1.54) is 0 Å². The van der Waals surface area contributed by atoms with Gasteiger partial charge in [-0.3, -0.25) is 9.79 Å². The minimum Gasteiger partial charge on any atom is -0.493 e. The van der Waals surface area contributed by atoms with E-state index in [4.69, 9.17) is 38.0 Å². The van der Waals surface area contributed by atoms with Crippen LogP contribution < -0.4 is 33.2 Å². The van der Waals surface area contributed by atoms with Gasteiger partial charge in [-0.15, -0.1) is 0 Å². The van der Waals surface area contributed by atoms with Gasteiger partial charge in [0.05, 0.1) is 71.8 Å². The molecular weight excluding hydrogens is 618 g/mol. The number of methoxy groups -OCH3 is 5. The van der Waals surface area contributed by atoms with Crippen LogP contribution in [-0.4, -0.2) is 84.1 Å².